The molecule has 0 bridgehead atoms. The molecule has 112 valence electrons. The van der Waals surface area contributed by atoms with Gasteiger partial charge in [0.15, 0.2) is 0 Å². The molecule has 0 spiro atoms. The second-order valence-corrected chi connectivity index (χ2v) is 6.68. The van der Waals surface area contributed by atoms with Crippen molar-refractivity contribution in [3.8, 4) is 0 Å². The topological polar surface area (TPSA) is 49.5 Å². The van der Waals surface area contributed by atoms with Gasteiger partial charge in [-0.1, -0.05) is 41.1 Å². The Morgan fingerprint density at radius 3 is 2.70 bits per heavy atom. The SMILES string of the molecule is CCC(N)C(c1ccccc1Br)N1CCC(C(C)O)C1. The van der Waals surface area contributed by atoms with Crippen LogP contribution in [-0.2, 0) is 0 Å². The second kappa shape index (κ2) is 7.03. The maximum absolute atomic E-state index is 9.81. The van der Waals surface area contributed by atoms with E-state index in [0.717, 1.165) is 30.4 Å². The molecule has 4 atom stereocenters. The number of hydrogen-bond acceptors (Lipinski definition) is 3. The normalized spacial score (nSPS) is 24.6. The van der Waals surface area contributed by atoms with Gasteiger partial charge >= 0.3 is 0 Å². The summed E-state index contributed by atoms with van der Waals surface area (Å²) >= 11 is 3.65. The Balaban J connectivity index is 2.24. The average molecular weight is 341 g/mol. The zero-order valence-corrected chi connectivity index (χ0v) is 13.9. The lowest BCUT2D eigenvalue weighted by Gasteiger charge is -2.33. The number of benzene rings is 1. The van der Waals surface area contributed by atoms with Gasteiger partial charge < -0.3 is 10.8 Å². The fourth-order valence-electron chi connectivity index (χ4n) is 3.10. The van der Waals surface area contributed by atoms with Gasteiger partial charge in [-0.05, 0) is 43.9 Å². The van der Waals surface area contributed by atoms with Crippen LogP contribution in [0.2, 0.25) is 0 Å². The summed E-state index contributed by atoms with van der Waals surface area (Å²) in [6.07, 6.45) is 1.76. The largest absolute Gasteiger partial charge is 0.393 e. The van der Waals surface area contributed by atoms with Crippen molar-refractivity contribution >= 4 is 15.9 Å². The Hall–Kier alpha value is -0.420. The smallest absolute Gasteiger partial charge is 0.0552 e. The standard InChI is InChI=1S/C16H25BrN2O/c1-3-15(18)16(13-6-4-5-7-14(13)17)19-9-8-12(10-19)11(2)20/h4-7,11-12,15-16,20H,3,8-10,18H2,1-2H3. The highest BCUT2D eigenvalue weighted by Gasteiger charge is 2.34. The van der Waals surface area contributed by atoms with Gasteiger partial charge in [0.25, 0.3) is 0 Å². The minimum Gasteiger partial charge on any atom is -0.393 e. The number of hydrogen-bond donors (Lipinski definition) is 2. The van der Waals surface area contributed by atoms with Crippen LogP contribution < -0.4 is 5.73 Å². The molecule has 3 nitrogen and oxygen atoms in total. The van der Waals surface area contributed by atoms with Gasteiger partial charge in [-0.2, -0.15) is 0 Å². The van der Waals surface area contributed by atoms with Crippen molar-refractivity contribution < 1.29 is 5.11 Å². The molecular formula is C16H25BrN2O. The quantitative estimate of drug-likeness (QED) is 0.866. The molecule has 4 heteroatoms. The maximum atomic E-state index is 9.81. The Morgan fingerprint density at radius 2 is 2.15 bits per heavy atom. The van der Waals surface area contributed by atoms with Crippen molar-refractivity contribution in [2.24, 2.45) is 11.7 Å². The van der Waals surface area contributed by atoms with Crippen molar-refractivity contribution in [3.05, 3.63) is 34.3 Å². The first-order valence-electron chi connectivity index (χ1n) is 7.46. The molecule has 1 aliphatic heterocycles. The van der Waals surface area contributed by atoms with Gasteiger partial charge in [0, 0.05) is 17.1 Å². The van der Waals surface area contributed by atoms with E-state index in [4.69, 9.17) is 5.73 Å². The molecule has 1 aromatic carbocycles. The Kier molecular flexibility index (Phi) is 5.61. The number of rotatable bonds is 5. The molecule has 0 aromatic heterocycles. The van der Waals surface area contributed by atoms with Crippen molar-refractivity contribution in [2.75, 3.05) is 13.1 Å². The summed E-state index contributed by atoms with van der Waals surface area (Å²) in [5, 5.41) is 9.81. The second-order valence-electron chi connectivity index (χ2n) is 5.82. The molecule has 0 radical (unpaired) electrons. The van der Waals surface area contributed by atoms with E-state index in [2.05, 4.69) is 46.0 Å². The van der Waals surface area contributed by atoms with Gasteiger partial charge in [-0.25, -0.2) is 0 Å². The molecule has 2 rings (SSSR count). The first-order chi connectivity index (χ1) is 9.54. The molecule has 20 heavy (non-hydrogen) atoms. The van der Waals surface area contributed by atoms with E-state index >= 15 is 0 Å². The Labute approximate surface area is 130 Å². The van der Waals surface area contributed by atoms with Gasteiger partial charge in [0.1, 0.15) is 0 Å². The number of nitrogens with two attached hydrogens (primary N) is 1. The lowest BCUT2D eigenvalue weighted by molar-refractivity contribution is 0.118. The van der Waals surface area contributed by atoms with E-state index in [1.807, 2.05) is 13.0 Å². The zero-order chi connectivity index (χ0) is 14.7. The highest BCUT2D eigenvalue weighted by molar-refractivity contribution is 9.10. The van der Waals surface area contributed by atoms with Crippen LogP contribution in [0.3, 0.4) is 0 Å². The van der Waals surface area contributed by atoms with Crippen LogP contribution in [0, 0.1) is 5.92 Å². The van der Waals surface area contributed by atoms with E-state index in [1.165, 1.54) is 5.56 Å². The van der Waals surface area contributed by atoms with Crippen molar-refractivity contribution in [2.45, 2.75) is 44.9 Å². The molecule has 0 aliphatic carbocycles. The molecular weight excluding hydrogens is 316 g/mol. The molecule has 0 saturated carbocycles. The van der Waals surface area contributed by atoms with Crippen molar-refractivity contribution in [1.82, 2.24) is 4.90 Å². The van der Waals surface area contributed by atoms with Crippen LogP contribution in [0.5, 0.6) is 0 Å². The molecule has 0 amide bonds. The van der Waals surface area contributed by atoms with Crippen molar-refractivity contribution in [3.63, 3.8) is 0 Å². The van der Waals surface area contributed by atoms with Crippen LogP contribution >= 0.6 is 15.9 Å². The predicted octanol–water partition coefficient (Wildman–Crippen LogP) is 2.93. The summed E-state index contributed by atoms with van der Waals surface area (Å²) in [5.41, 5.74) is 7.65. The average Bonchev–Trinajstić information content (AvgIpc) is 2.90. The predicted molar refractivity (Wildman–Crippen MR) is 86.5 cm³/mol. The highest BCUT2D eigenvalue weighted by atomic mass is 79.9. The molecule has 1 saturated heterocycles. The first kappa shape index (κ1) is 16.0. The number of likely N-dealkylation sites (tertiary alicyclic amines) is 1. The van der Waals surface area contributed by atoms with E-state index in [9.17, 15) is 5.11 Å². The zero-order valence-electron chi connectivity index (χ0n) is 12.3. The summed E-state index contributed by atoms with van der Waals surface area (Å²) in [6, 6.07) is 8.66. The summed E-state index contributed by atoms with van der Waals surface area (Å²) in [7, 11) is 0. The highest BCUT2D eigenvalue weighted by Crippen LogP contribution is 2.35. The van der Waals surface area contributed by atoms with E-state index in [-0.39, 0.29) is 18.2 Å². The van der Waals surface area contributed by atoms with Gasteiger partial charge in [0.05, 0.1) is 12.1 Å². The van der Waals surface area contributed by atoms with E-state index < -0.39 is 0 Å². The van der Waals surface area contributed by atoms with Crippen LogP contribution in [0.25, 0.3) is 0 Å². The Bertz CT molecular complexity index is 438. The van der Waals surface area contributed by atoms with E-state index in [1.54, 1.807) is 0 Å². The number of aliphatic hydroxyl groups excluding tert-OH is 1. The van der Waals surface area contributed by atoms with Crippen LogP contribution in [0.4, 0.5) is 0 Å². The minimum atomic E-state index is -0.238. The van der Waals surface area contributed by atoms with Crippen LogP contribution in [-0.4, -0.2) is 35.2 Å². The fraction of sp³-hybridized carbons (Fsp3) is 0.625. The van der Waals surface area contributed by atoms with Gasteiger partial charge in [-0.15, -0.1) is 0 Å². The maximum Gasteiger partial charge on any atom is 0.0552 e. The molecule has 1 aromatic rings. The fourth-order valence-corrected chi connectivity index (χ4v) is 3.62. The summed E-state index contributed by atoms with van der Waals surface area (Å²) in [6.45, 7) is 5.96. The van der Waals surface area contributed by atoms with Gasteiger partial charge in [-0.3, -0.25) is 4.90 Å². The number of nitrogens with zero attached hydrogens (tertiary/aromatic N) is 1. The summed E-state index contributed by atoms with van der Waals surface area (Å²) in [4.78, 5) is 2.44. The third-order valence-corrected chi connectivity index (χ3v) is 5.15. The minimum absolute atomic E-state index is 0.112. The summed E-state index contributed by atoms with van der Waals surface area (Å²) < 4.78 is 1.12. The third kappa shape index (κ3) is 3.42. The molecule has 4 unspecified atom stereocenters. The Morgan fingerprint density at radius 1 is 1.45 bits per heavy atom. The molecule has 1 heterocycles. The summed E-state index contributed by atoms with van der Waals surface area (Å²) in [5.74, 6) is 0.365. The monoisotopic (exact) mass is 340 g/mol. The third-order valence-electron chi connectivity index (χ3n) is 4.43. The first-order valence-corrected chi connectivity index (χ1v) is 8.26. The number of aliphatic hydroxyl groups is 1. The van der Waals surface area contributed by atoms with Crippen LogP contribution in [0.15, 0.2) is 28.7 Å². The molecule has 1 fully saturated rings. The molecule has 3 N–H and O–H groups in total. The lowest BCUT2D eigenvalue weighted by Crippen LogP contribution is -2.40. The van der Waals surface area contributed by atoms with Gasteiger partial charge in [0.2, 0.25) is 0 Å². The number of halogens is 1. The lowest BCUT2D eigenvalue weighted by atomic mass is 9.96. The van der Waals surface area contributed by atoms with E-state index in [0.29, 0.717) is 5.92 Å². The van der Waals surface area contributed by atoms with Crippen LogP contribution in [0.1, 0.15) is 38.3 Å². The molecule has 1 aliphatic rings. The van der Waals surface area contributed by atoms with Crippen molar-refractivity contribution in [1.29, 1.82) is 0 Å².